The van der Waals surface area contributed by atoms with Crippen LogP contribution in [0, 0.1) is 5.92 Å². The molecule has 55 heavy (non-hydrogen) atoms. The summed E-state index contributed by atoms with van der Waals surface area (Å²) < 4.78 is 15.6. The van der Waals surface area contributed by atoms with Gasteiger partial charge in [-0.3, -0.25) is 48.1 Å². The van der Waals surface area contributed by atoms with E-state index in [4.69, 9.17) is 14.9 Å². The molecule has 1 aromatic rings. The van der Waals surface area contributed by atoms with E-state index in [0.717, 1.165) is 6.92 Å². The van der Waals surface area contributed by atoms with Crippen LogP contribution in [-0.4, -0.2) is 114 Å². The maximum Gasteiger partial charge on any atom is 0.524 e. The first kappa shape index (κ1) is 47.4. The minimum absolute atomic E-state index is 0.208. The number of nitrogens with one attached hydrogen (secondary N) is 5. The van der Waals surface area contributed by atoms with Crippen LogP contribution in [0.3, 0.4) is 0 Å². The van der Waals surface area contributed by atoms with Gasteiger partial charge in [0, 0.05) is 32.6 Å². The second-order valence-corrected chi connectivity index (χ2v) is 13.5. The molecule has 306 valence electrons. The first-order valence-corrected chi connectivity index (χ1v) is 18.3. The molecule has 0 aliphatic heterocycles. The summed E-state index contributed by atoms with van der Waals surface area (Å²) in [5.74, 6) is -11.5. The Kier molecular flexibility index (Phi) is 19.5. The summed E-state index contributed by atoms with van der Waals surface area (Å²) in [6, 6.07) is -2.84. The number of carboxylic acid groups (broad SMARTS) is 4. The zero-order valence-corrected chi connectivity index (χ0v) is 30.9. The standard InChI is InChI=1S/C32H46N5O17P/c1-4-16(2)27(31(48)36-22(32(49)50)11-14-26(43)44)37-29(46)21(10-13-25(41)42)34-28(45)20(9-12-24(39)40)35-30(47)23(33-17(3)38)15-18-5-7-19(8-6-18)54-55(51,52)53/h5-8,16,20-23,27H,4,9-15H2,1-3H3,(H,33,38)(H,34,45)(H,35,47)(H,36,48)(H,37,46)(H,39,40)(H,41,42)(H,43,44)(H,49,50)(H2,51,52,53)/t16-,20-,21-,22+,23+,27-/m0/s1. The average Bonchev–Trinajstić information content (AvgIpc) is 3.07. The number of hydrogen-bond donors (Lipinski definition) is 11. The summed E-state index contributed by atoms with van der Waals surface area (Å²) in [6.07, 6.45) is -3.56. The highest BCUT2D eigenvalue weighted by Gasteiger charge is 2.34. The lowest BCUT2D eigenvalue weighted by molar-refractivity contribution is -0.144. The molecule has 5 amide bonds. The van der Waals surface area contributed by atoms with Gasteiger partial charge in [-0.15, -0.1) is 0 Å². The third-order valence-electron chi connectivity index (χ3n) is 7.90. The second kappa shape index (κ2) is 22.6. The summed E-state index contributed by atoms with van der Waals surface area (Å²) in [7, 11) is -4.87. The van der Waals surface area contributed by atoms with Crippen molar-refractivity contribution in [1.29, 1.82) is 0 Å². The molecule has 0 heterocycles. The summed E-state index contributed by atoms with van der Waals surface area (Å²) in [5.41, 5.74) is 0.348. The van der Waals surface area contributed by atoms with Crippen molar-refractivity contribution in [2.75, 3.05) is 0 Å². The van der Waals surface area contributed by atoms with E-state index in [0.29, 0.717) is 5.56 Å². The van der Waals surface area contributed by atoms with Crippen LogP contribution in [-0.2, 0) is 54.1 Å². The van der Waals surface area contributed by atoms with E-state index in [9.17, 15) is 63.0 Å². The Morgan fingerprint density at radius 3 is 1.45 bits per heavy atom. The number of phosphoric ester groups is 1. The van der Waals surface area contributed by atoms with Crippen LogP contribution in [0.15, 0.2) is 24.3 Å². The van der Waals surface area contributed by atoms with E-state index in [1.807, 2.05) is 0 Å². The minimum Gasteiger partial charge on any atom is -0.481 e. The van der Waals surface area contributed by atoms with Gasteiger partial charge in [0.1, 0.15) is 36.0 Å². The van der Waals surface area contributed by atoms with E-state index in [1.54, 1.807) is 6.92 Å². The molecule has 0 fully saturated rings. The fourth-order valence-corrected chi connectivity index (χ4v) is 5.27. The van der Waals surface area contributed by atoms with Crippen molar-refractivity contribution in [3.05, 3.63) is 29.8 Å². The van der Waals surface area contributed by atoms with Gasteiger partial charge in [0.25, 0.3) is 0 Å². The smallest absolute Gasteiger partial charge is 0.481 e. The van der Waals surface area contributed by atoms with Gasteiger partial charge in [0.15, 0.2) is 0 Å². The topological polar surface area (TPSA) is 361 Å². The van der Waals surface area contributed by atoms with Crippen LogP contribution in [0.1, 0.15) is 71.3 Å². The number of carbonyl (C=O) groups is 9. The highest BCUT2D eigenvalue weighted by Crippen LogP contribution is 2.37. The molecule has 11 N–H and O–H groups in total. The molecule has 0 saturated heterocycles. The number of carbonyl (C=O) groups excluding carboxylic acids is 5. The van der Waals surface area contributed by atoms with Gasteiger partial charge in [-0.05, 0) is 42.9 Å². The fourth-order valence-electron chi connectivity index (χ4n) is 4.87. The van der Waals surface area contributed by atoms with Gasteiger partial charge in [0.05, 0.1) is 0 Å². The van der Waals surface area contributed by atoms with Crippen molar-refractivity contribution in [3.63, 3.8) is 0 Å². The summed E-state index contributed by atoms with van der Waals surface area (Å²) in [5, 5.41) is 48.5. The van der Waals surface area contributed by atoms with E-state index >= 15 is 0 Å². The van der Waals surface area contributed by atoms with E-state index in [2.05, 4.69) is 31.1 Å². The summed E-state index contributed by atoms with van der Waals surface area (Å²) in [4.78, 5) is 129. The van der Waals surface area contributed by atoms with Crippen molar-refractivity contribution in [1.82, 2.24) is 26.6 Å². The van der Waals surface area contributed by atoms with Crippen molar-refractivity contribution in [3.8, 4) is 5.75 Å². The molecule has 0 unspecified atom stereocenters. The number of benzene rings is 1. The molecule has 1 rings (SSSR count). The number of hydrogen-bond acceptors (Lipinski definition) is 11. The Balaban J connectivity index is 3.34. The Morgan fingerprint density at radius 2 is 1.05 bits per heavy atom. The molecular formula is C32H46N5O17P. The van der Waals surface area contributed by atoms with Crippen molar-refractivity contribution in [2.24, 2.45) is 5.92 Å². The third-order valence-corrected chi connectivity index (χ3v) is 8.34. The molecule has 1 aromatic carbocycles. The largest absolute Gasteiger partial charge is 0.524 e. The molecule has 23 heteroatoms. The lowest BCUT2D eigenvalue weighted by Gasteiger charge is -2.28. The number of amides is 5. The van der Waals surface area contributed by atoms with E-state index in [1.165, 1.54) is 31.2 Å². The highest BCUT2D eigenvalue weighted by molar-refractivity contribution is 7.46. The van der Waals surface area contributed by atoms with Crippen LogP contribution in [0.4, 0.5) is 0 Å². The molecule has 0 radical (unpaired) electrons. The van der Waals surface area contributed by atoms with Gasteiger partial charge < -0.3 is 51.5 Å². The number of rotatable bonds is 25. The molecule has 0 saturated carbocycles. The van der Waals surface area contributed by atoms with Crippen molar-refractivity contribution >= 4 is 61.2 Å². The zero-order chi connectivity index (χ0) is 42.0. The second-order valence-electron chi connectivity index (χ2n) is 12.4. The van der Waals surface area contributed by atoms with Crippen molar-refractivity contribution < 1.29 is 82.5 Å². The van der Waals surface area contributed by atoms with Gasteiger partial charge in [0.2, 0.25) is 29.5 Å². The molecule has 0 bridgehead atoms. The maximum atomic E-state index is 13.6. The predicted molar refractivity (Wildman–Crippen MR) is 186 cm³/mol. The summed E-state index contributed by atoms with van der Waals surface area (Å²) in [6.45, 7) is 4.25. The molecule has 0 aromatic heterocycles. The van der Waals surface area contributed by atoms with E-state index < -0.39 is 136 Å². The van der Waals surface area contributed by atoms with Gasteiger partial charge in [-0.1, -0.05) is 32.4 Å². The van der Waals surface area contributed by atoms with Crippen LogP contribution in [0.2, 0.25) is 0 Å². The zero-order valence-electron chi connectivity index (χ0n) is 30.1. The number of phosphoric acid groups is 1. The quantitative estimate of drug-likeness (QED) is 0.0521. The van der Waals surface area contributed by atoms with Crippen LogP contribution in [0.5, 0.6) is 5.75 Å². The SMILES string of the molecule is CC[C@H](C)[C@H](NC(=O)[C@H](CCC(=O)O)NC(=O)[C@H](CCC(=O)O)NC(=O)[C@@H](Cc1ccc(OP(=O)(O)O)cc1)NC(C)=O)C(=O)N[C@H](CCC(=O)O)C(=O)O. The van der Waals surface area contributed by atoms with Crippen LogP contribution < -0.4 is 31.1 Å². The minimum atomic E-state index is -4.87. The lowest BCUT2D eigenvalue weighted by Crippen LogP contribution is -2.60. The van der Waals surface area contributed by atoms with Gasteiger partial charge >= 0.3 is 31.7 Å². The van der Waals surface area contributed by atoms with Crippen LogP contribution >= 0.6 is 7.82 Å². The molecule has 0 aliphatic carbocycles. The third kappa shape index (κ3) is 18.8. The molecule has 0 aliphatic rings. The summed E-state index contributed by atoms with van der Waals surface area (Å²) >= 11 is 0. The fraction of sp³-hybridized carbons (Fsp3) is 0.531. The van der Waals surface area contributed by atoms with E-state index in [-0.39, 0.29) is 18.6 Å². The first-order chi connectivity index (χ1) is 25.5. The van der Waals surface area contributed by atoms with Crippen LogP contribution in [0.25, 0.3) is 0 Å². The average molecular weight is 804 g/mol. The maximum absolute atomic E-state index is 13.6. The monoisotopic (exact) mass is 803 g/mol. The van der Waals surface area contributed by atoms with Gasteiger partial charge in [-0.2, -0.15) is 0 Å². The molecule has 22 nitrogen and oxygen atoms in total. The van der Waals surface area contributed by atoms with Crippen molar-refractivity contribution in [2.45, 2.75) is 102 Å². The first-order valence-electron chi connectivity index (χ1n) is 16.7. The lowest BCUT2D eigenvalue weighted by atomic mass is 9.96. The number of carboxylic acids is 4. The molecular weight excluding hydrogens is 757 g/mol. The number of aliphatic carboxylic acids is 4. The van der Waals surface area contributed by atoms with Gasteiger partial charge in [-0.25, -0.2) is 9.36 Å². The molecule has 0 spiro atoms. The Morgan fingerprint density at radius 1 is 0.636 bits per heavy atom. The molecule has 6 atom stereocenters. The Labute approximate surface area is 314 Å². The Hall–Kier alpha value is -5.60. The Bertz CT molecular complexity index is 1620. The highest BCUT2D eigenvalue weighted by atomic mass is 31.2. The normalized spacial score (nSPS) is 14.3. The predicted octanol–water partition coefficient (Wildman–Crippen LogP) is -1.13.